The van der Waals surface area contributed by atoms with Crippen LogP contribution in [0.15, 0.2) is 0 Å². The topological polar surface area (TPSA) is 58.2 Å². The van der Waals surface area contributed by atoms with Gasteiger partial charge < -0.3 is 10.6 Å². The highest BCUT2D eigenvalue weighted by molar-refractivity contribution is 5.84. The molecule has 1 aliphatic heterocycles. The second-order valence-corrected chi connectivity index (χ2v) is 4.67. The van der Waals surface area contributed by atoms with Gasteiger partial charge >= 0.3 is 0 Å². The molecule has 1 fully saturated rings. The van der Waals surface area contributed by atoms with Gasteiger partial charge in [0.05, 0.1) is 6.04 Å². The van der Waals surface area contributed by atoms with Gasteiger partial charge in [0.15, 0.2) is 0 Å². The SMILES string of the molecule is CCCNC(=O)CCCCC(=O)[C@@H]1CCCN1. The van der Waals surface area contributed by atoms with Crippen LogP contribution in [0.25, 0.3) is 0 Å². The van der Waals surface area contributed by atoms with Crippen molar-refractivity contribution in [1.29, 1.82) is 0 Å². The molecule has 1 heterocycles. The van der Waals surface area contributed by atoms with Crippen LogP contribution in [0, 0.1) is 0 Å². The van der Waals surface area contributed by atoms with Crippen LogP contribution in [-0.4, -0.2) is 30.8 Å². The number of unbranched alkanes of at least 4 members (excludes halogenated alkanes) is 1. The van der Waals surface area contributed by atoms with Gasteiger partial charge in [0.1, 0.15) is 5.78 Å². The van der Waals surface area contributed by atoms with Gasteiger partial charge in [0.25, 0.3) is 0 Å². The molecule has 0 spiro atoms. The molecule has 1 aliphatic rings. The van der Waals surface area contributed by atoms with Crippen molar-refractivity contribution in [2.45, 2.75) is 57.9 Å². The van der Waals surface area contributed by atoms with E-state index < -0.39 is 0 Å². The Balaban J connectivity index is 1.99. The molecule has 4 heteroatoms. The van der Waals surface area contributed by atoms with Crippen molar-refractivity contribution in [3.05, 3.63) is 0 Å². The minimum atomic E-state index is 0.0870. The minimum absolute atomic E-state index is 0.0870. The molecule has 0 saturated carbocycles. The molecular formula is C13H24N2O2. The van der Waals surface area contributed by atoms with Gasteiger partial charge in [0.2, 0.25) is 5.91 Å². The van der Waals surface area contributed by atoms with Crippen LogP contribution in [0.2, 0.25) is 0 Å². The van der Waals surface area contributed by atoms with E-state index in [4.69, 9.17) is 0 Å². The fourth-order valence-corrected chi connectivity index (χ4v) is 2.07. The van der Waals surface area contributed by atoms with E-state index in [1.54, 1.807) is 0 Å². The Hall–Kier alpha value is -0.900. The number of nitrogens with one attached hydrogen (secondary N) is 2. The maximum Gasteiger partial charge on any atom is 0.219 e. The van der Waals surface area contributed by atoms with Crippen LogP contribution < -0.4 is 10.6 Å². The molecule has 0 radical (unpaired) electrons. The summed E-state index contributed by atoms with van der Waals surface area (Å²) in [5.41, 5.74) is 0. The lowest BCUT2D eigenvalue weighted by Crippen LogP contribution is -2.30. The van der Waals surface area contributed by atoms with Gasteiger partial charge in [0, 0.05) is 19.4 Å². The van der Waals surface area contributed by atoms with Crippen LogP contribution in [0.5, 0.6) is 0 Å². The number of ketones is 1. The molecule has 1 amide bonds. The zero-order valence-corrected chi connectivity index (χ0v) is 10.8. The van der Waals surface area contributed by atoms with Crippen molar-refractivity contribution in [3.63, 3.8) is 0 Å². The fourth-order valence-electron chi connectivity index (χ4n) is 2.07. The van der Waals surface area contributed by atoms with E-state index in [9.17, 15) is 9.59 Å². The molecule has 0 aromatic heterocycles. The summed E-state index contributed by atoms with van der Waals surface area (Å²) in [6.07, 6.45) is 5.86. The van der Waals surface area contributed by atoms with Gasteiger partial charge in [-0.3, -0.25) is 9.59 Å². The number of hydrogen-bond donors (Lipinski definition) is 2. The first kappa shape index (κ1) is 14.2. The molecule has 0 bridgehead atoms. The highest BCUT2D eigenvalue weighted by Gasteiger charge is 2.20. The first-order valence-corrected chi connectivity index (χ1v) is 6.77. The number of Topliss-reactive ketones (excluding diaryl/α,β-unsaturated/α-hetero) is 1. The molecule has 2 N–H and O–H groups in total. The van der Waals surface area contributed by atoms with Crippen LogP contribution in [0.3, 0.4) is 0 Å². The summed E-state index contributed by atoms with van der Waals surface area (Å²) in [5, 5.41) is 6.04. The van der Waals surface area contributed by atoms with E-state index in [1.165, 1.54) is 0 Å². The molecule has 1 atom stereocenters. The Kier molecular flexibility index (Phi) is 6.86. The van der Waals surface area contributed by atoms with Crippen molar-refractivity contribution < 1.29 is 9.59 Å². The number of hydrogen-bond acceptors (Lipinski definition) is 3. The van der Waals surface area contributed by atoms with Crippen LogP contribution in [-0.2, 0) is 9.59 Å². The normalized spacial score (nSPS) is 19.2. The van der Waals surface area contributed by atoms with Crippen molar-refractivity contribution in [2.24, 2.45) is 0 Å². The molecule has 0 unspecified atom stereocenters. The Labute approximate surface area is 104 Å². The zero-order valence-electron chi connectivity index (χ0n) is 10.8. The predicted octanol–water partition coefficient (Wildman–Crippen LogP) is 1.39. The van der Waals surface area contributed by atoms with E-state index in [1.807, 2.05) is 6.92 Å². The monoisotopic (exact) mass is 240 g/mol. The van der Waals surface area contributed by atoms with Crippen LogP contribution in [0.4, 0.5) is 0 Å². The number of carbonyl (C=O) groups excluding carboxylic acids is 2. The Morgan fingerprint density at radius 2 is 2.06 bits per heavy atom. The van der Waals surface area contributed by atoms with Crippen molar-refractivity contribution in [2.75, 3.05) is 13.1 Å². The minimum Gasteiger partial charge on any atom is -0.356 e. The lowest BCUT2D eigenvalue weighted by atomic mass is 10.0. The van der Waals surface area contributed by atoms with Crippen LogP contribution >= 0.6 is 0 Å². The van der Waals surface area contributed by atoms with Crippen molar-refractivity contribution in [3.8, 4) is 0 Å². The van der Waals surface area contributed by atoms with Crippen molar-refractivity contribution >= 4 is 11.7 Å². The molecule has 4 nitrogen and oxygen atoms in total. The molecule has 1 saturated heterocycles. The van der Waals surface area contributed by atoms with Gasteiger partial charge in [-0.05, 0) is 38.6 Å². The summed E-state index contributed by atoms with van der Waals surface area (Å²) in [5.74, 6) is 0.426. The summed E-state index contributed by atoms with van der Waals surface area (Å²) in [6, 6.07) is 0.0870. The largest absolute Gasteiger partial charge is 0.356 e. The number of amides is 1. The third kappa shape index (κ3) is 5.82. The first-order chi connectivity index (χ1) is 8.24. The van der Waals surface area contributed by atoms with E-state index >= 15 is 0 Å². The maximum absolute atomic E-state index is 11.7. The van der Waals surface area contributed by atoms with E-state index in [0.717, 1.165) is 45.2 Å². The molecule has 17 heavy (non-hydrogen) atoms. The summed E-state index contributed by atoms with van der Waals surface area (Å²) in [4.78, 5) is 23.0. The highest BCUT2D eigenvalue weighted by atomic mass is 16.1. The van der Waals surface area contributed by atoms with Crippen LogP contribution in [0.1, 0.15) is 51.9 Å². The number of rotatable bonds is 8. The Bertz CT molecular complexity index is 248. The molecular weight excluding hydrogens is 216 g/mol. The first-order valence-electron chi connectivity index (χ1n) is 6.77. The van der Waals surface area contributed by atoms with Gasteiger partial charge in [-0.15, -0.1) is 0 Å². The third-order valence-electron chi connectivity index (χ3n) is 3.10. The van der Waals surface area contributed by atoms with Gasteiger partial charge in [-0.2, -0.15) is 0 Å². The zero-order chi connectivity index (χ0) is 12.5. The highest BCUT2D eigenvalue weighted by Crippen LogP contribution is 2.10. The molecule has 0 aromatic rings. The molecule has 0 aromatic carbocycles. The number of carbonyl (C=O) groups is 2. The van der Waals surface area contributed by atoms with Gasteiger partial charge in [-0.1, -0.05) is 6.92 Å². The van der Waals surface area contributed by atoms with Gasteiger partial charge in [-0.25, -0.2) is 0 Å². The second kappa shape index (κ2) is 8.23. The summed E-state index contributed by atoms with van der Waals surface area (Å²) in [7, 11) is 0. The molecule has 1 rings (SSSR count). The maximum atomic E-state index is 11.7. The van der Waals surface area contributed by atoms with E-state index in [-0.39, 0.29) is 11.9 Å². The molecule has 0 aliphatic carbocycles. The summed E-state index contributed by atoms with van der Waals surface area (Å²) in [6.45, 7) is 3.76. The fraction of sp³-hybridized carbons (Fsp3) is 0.846. The van der Waals surface area contributed by atoms with E-state index in [2.05, 4.69) is 10.6 Å². The third-order valence-corrected chi connectivity index (χ3v) is 3.10. The quantitative estimate of drug-likeness (QED) is 0.630. The lowest BCUT2D eigenvalue weighted by molar-refractivity contribution is -0.122. The average Bonchev–Trinajstić information content (AvgIpc) is 2.85. The second-order valence-electron chi connectivity index (χ2n) is 4.67. The lowest BCUT2D eigenvalue weighted by Gasteiger charge is -2.08. The average molecular weight is 240 g/mol. The molecule has 98 valence electrons. The Morgan fingerprint density at radius 3 is 2.71 bits per heavy atom. The summed E-state index contributed by atoms with van der Waals surface area (Å²) < 4.78 is 0. The smallest absolute Gasteiger partial charge is 0.219 e. The predicted molar refractivity (Wildman–Crippen MR) is 67.8 cm³/mol. The standard InChI is InChI=1S/C13H24N2O2/c1-2-9-15-13(17)8-4-3-7-12(16)11-6-5-10-14-11/h11,14H,2-10H2,1H3,(H,15,17)/t11-/m0/s1. The Morgan fingerprint density at radius 1 is 1.29 bits per heavy atom. The van der Waals surface area contributed by atoms with Crippen molar-refractivity contribution in [1.82, 2.24) is 10.6 Å². The van der Waals surface area contributed by atoms with E-state index in [0.29, 0.717) is 18.6 Å². The summed E-state index contributed by atoms with van der Waals surface area (Å²) >= 11 is 0.